The van der Waals surface area contributed by atoms with Crippen molar-refractivity contribution >= 4 is 28.0 Å². The van der Waals surface area contributed by atoms with E-state index in [0.717, 1.165) is 18.2 Å². The van der Waals surface area contributed by atoms with Gasteiger partial charge in [-0.25, -0.2) is 14.2 Å². The molecule has 0 aliphatic rings. The lowest BCUT2D eigenvalue weighted by Gasteiger charge is -2.16. The Kier molecular flexibility index (Phi) is 6.68. The second-order valence-corrected chi connectivity index (χ2v) is 6.50. The predicted octanol–water partition coefficient (Wildman–Crippen LogP) is 4.15. The molecule has 2 aromatic rings. The number of aryl methyl sites for hydroxylation is 1. The van der Waals surface area contributed by atoms with Gasteiger partial charge in [-0.3, -0.25) is 4.68 Å². The Hall–Kier alpha value is -2.48. The minimum atomic E-state index is -1.09. The van der Waals surface area contributed by atoms with E-state index in [1.807, 2.05) is 5.38 Å². The van der Waals surface area contributed by atoms with E-state index in [4.69, 9.17) is 5.11 Å². The summed E-state index contributed by atoms with van der Waals surface area (Å²) in [6, 6.07) is 1.49. The summed E-state index contributed by atoms with van der Waals surface area (Å²) in [7, 11) is 0. The highest BCUT2D eigenvalue weighted by Gasteiger charge is 2.16. The van der Waals surface area contributed by atoms with E-state index in [1.54, 1.807) is 18.5 Å². The molecule has 2 heterocycles. The van der Waals surface area contributed by atoms with Gasteiger partial charge in [0.2, 0.25) is 0 Å². The lowest BCUT2D eigenvalue weighted by Crippen LogP contribution is -2.21. The Labute approximate surface area is 156 Å². The van der Waals surface area contributed by atoms with Gasteiger partial charge in [-0.15, -0.1) is 11.3 Å². The van der Waals surface area contributed by atoms with Crippen molar-refractivity contribution in [1.29, 1.82) is 0 Å². The van der Waals surface area contributed by atoms with Gasteiger partial charge in [-0.1, -0.05) is 6.08 Å². The van der Waals surface area contributed by atoms with E-state index >= 15 is 0 Å². The lowest BCUT2D eigenvalue weighted by molar-refractivity contribution is 0.0689. The Morgan fingerprint density at radius 3 is 2.62 bits per heavy atom. The summed E-state index contributed by atoms with van der Waals surface area (Å²) in [4.78, 5) is 17.9. The smallest absolute Gasteiger partial charge is 0.356 e. The number of anilines is 1. The SMILES string of the molecule is C/C=C(F)\C=C(\Cn1nc(C(=O)O)cc1C)c1csc(N(CC)CC)n1. The number of halogens is 1. The van der Waals surface area contributed by atoms with Crippen molar-refractivity contribution in [2.45, 2.75) is 34.2 Å². The summed E-state index contributed by atoms with van der Waals surface area (Å²) in [5.74, 6) is -1.46. The quantitative estimate of drug-likeness (QED) is 0.699. The first kappa shape index (κ1) is 19.8. The minimum Gasteiger partial charge on any atom is -0.476 e. The van der Waals surface area contributed by atoms with Gasteiger partial charge in [0.25, 0.3) is 0 Å². The Morgan fingerprint density at radius 1 is 1.38 bits per heavy atom. The number of allylic oxidation sites excluding steroid dienone is 4. The van der Waals surface area contributed by atoms with Gasteiger partial charge in [-0.05, 0) is 39.8 Å². The van der Waals surface area contributed by atoms with E-state index in [-0.39, 0.29) is 18.1 Å². The molecule has 8 heteroatoms. The number of aromatic carboxylic acids is 1. The summed E-state index contributed by atoms with van der Waals surface area (Å²) >= 11 is 1.50. The molecular formula is C18H23FN4O2S. The van der Waals surface area contributed by atoms with Gasteiger partial charge in [0.1, 0.15) is 5.83 Å². The van der Waals surface area contributed by atoms with E-state index in [2.05, 4.69) is 28.8 Å². The zero-order chi connectivity index (χ0) is 19.3. The molecule has 0 radical (unpaired) electrons. The number of carboxylic acids is 1. The predicted molar refractivity (Wildman–Crippen MR) is 102 cm³/mol. The third-order valence-electron chi connectivity index (χ3n) is 3.96. The molecule has 0 unspecified atom stereocenters. The molecular weight excluding hydrogens is 355 g/mol. The van der Waals surface area contributed by atoms with Gasteiger partial charge in [0.05, 0.1) is 12.2 Å². The Balaban J connectivity index is 2.39. The van der Waals surface area contributed by atoms with E-state index in [9.17, 15) is 9.18 Å². The number of aromatic nitrogens is 3. The zero-order valence-corrected chi connectivity index (χ0v) is 16.2. The topological polar surface area (TPSA) is 71.2 Å². The summed E-state index contributed by atoms with van der Waals surface area (Å²) in [6.07, 6.45) is 2.79. The van der Waals surface area contributed by atoms with Crippen LogP contribution in [-0.4, -0.2) is 38.9 Å². The van der Waals surface area contributed by atoms with Crippen molar-refractivity contribution in [1.82, 2.24) is 14.8 Å². The summed E-state index contributed by atoms with van der Waals surface area (Å²) in [5.41, 5.74) is 1.96. The highest BCUT2D eigenvalue weighted by atomic mass is 32.1. The standard InChI is InChI=1S/C18H23FN4O2S/c1-5-14(19)9-13(10-23-12(4)8-15(21-23)17(24)25)16-11-26-18(20-16)22(6-2)7-3/h5,8-9,11H,6-7,10H2,1-4H3,(H,24,25)/b13-9-,14-5+. The highest BCUT2D eigenvalue weighted by Crippen LogP contribution is 2.27. The third kappa shape index (κ3) is 4.57. The number of carbonyl (C=O) groups is 1. The third-order valence-corrected chi connectivity index (χ3v) is 4.86. The van der Waals surface area contributed by atoms with Gasteiger partial charge in [0.15, 0.2) is 10.8 Å². The van der Waals surface area contributed by atoms with Crippen LogP contribution in [0.2, 0.25) is 0 Å². The second-order valence-electron chi connectivity index (χ2n) is 5.66. The fourth-order valence-corrected chi connectivity index (χ4v) is 3.42. The molecule has 0 aliphatic carbocycles. The van der Waals surface area contributed by atoms with Crippen molar-refractivity contribution in [3.8, 4) is 0 Å². The van der Waals surface area contributed by atoms with Crippen molar-refractivity contribution in [2.75, 3.05) is 18.0 Å². The fraction of sp³-hybridized carbons (Fsp3) is 0.389. The number of hydrogen-bond acceptors (Lipinski definition) is 5. The van der Waals surface area contributed by atoms with E-state index in [1.165, 1.54) is 29.6 Å². The minimum absolute atomic E-state index is 0.0320. The summed E-state index contributed by atoms with van der Waals surface area (Å²) < 4.78 is 15.5. The maximum absolute atomic E-state index is 13.9. The molecule has 26 heavy (non-hydrogen) atoms. The number of nitrogens with zero attached hydrogens (tertiary/aromatic N) is 4. The monoisotopic (exact) mass is 378 g/mol. The van der Waals surface area contributed by atoms with Crippen LogP contribution >= 0.6 is 11.3 Å². The van der Waals surface area contributed by atoms with Gasteiger partial charge >= 0.3 is 5.97 Å². The van der Waals surface area contributed by atoms with Crippen molar-refractivity contribution in [2.24, 2.45) is 0 Å². The molecule has 1 N–H and O–H groups in total. The first-order valence-electron chi connectivity index (χ1n) is 8.40. The molecule has 0 atom stereocenters. The molecule has 6 nitrogen and oxygen atoms in total. The van der Waals surface area contributed by atoms with Crippen LogP contribution < -0.4 is 4.90 Å². The molecule has 0 aromatic carbocycles. The molecule has 0 amide bonds. The van der Waals surface area contributed by atoms with Crippen LogP contribution in [-0.2, 0) is 6.54 Å². The molecule has 2 rings (SSSR count). The van der Waals surface area contributed by atoms with Gasteiger partial charge in [-0.2, -0.15) is 5.10 Å². The first-order chi connectivity index (χ1) is 12.4. The number of thiazole rings is 1. The zero-order valence-electron chi connectivity index (χ0n) is 15.4. The summed E-state index contributed by atoms with van der Waals surface area (Å²) in [5, 5.41) is 15.9. The maximum Gasteiger partial charge on any atom is 0.356 e. The average molecular weight is 378 g/mol. The lowest BCUT2D eigenvalue weighted by atomic mass is 10.1. The molecule has 0 saturated carbocycles. The molecule has 0 spiro atoms. The van der Waals surface area contributed by atoms with Crippen LogP contribution in [0.25, 0.3) is 5.57 Å². The number of rotatable bonds is 8. The molecule has 0 saturated heterocycles. The largest absolute Gasteiger partial charge is 0.476 e. The van der Waals surface area contributed by atoms with Crippen molar-refractivity contribution in [3.05, 3.63) is 46.5 Å². The highest BCUT2D eigenvalue weighted by molar-refractivity contribution is 7.13. The van der Waals surface area contributed by atoms with Crippen molar-refractivity contribution in [3.63, 3.8) is 0 Å². The Morgan fingerprint density at radius 2 is 2.08 bits per heavy atom. The number of hydrogen-bond donors (Lipinski definition) is 1. The molecule has 0 aliphatic heterocycles. The first-order valence-corrected chi connectivity index (χ1v) is 9.28. The average Bonchev–Trinajstić information content (AvgIpc) is 3.23. The maximum atomic E-state index is 13.9. The van der Waals surface area contributed by atoms with Crippen LogP contribution in [0.5, 0.6) is 0 Å². The van der Waals surface area contributed by atoms with Crippen LogP contribution in [0.15, 0.2) is 29.4 Å². The summed E-state index contributed by atoms with van der Waals surface area (Å²) in [6.45, 7) is 9.42. The Bertz CT molecular complexity index is 834. The van der Waals surface area contributed by atoms with Gasteiger partial charge in [0, 0.05) is 29.7 Å². The van der Waals surface area contributed by atoms with Crippen LogP contribution in [0.3, 0.4) is 0 Å². The molecule has 0 bridgehead atoms. The van der Waals surface area contributed by atoms with Crippen LogP contribution in [0, 0.1) is 6.92 Å². The van der Waals surface area contributed by atoms with Crippen LogP contribution in [0.4, 0.5) is 9.52 Å². The number of carboxylic acid groups (broad SMARTS) is 1. The van der Waals surface area contributed by atoms with E-state index < -0.39 is 5.97 Å². The molecule has 0 fully saturated rings. The molecule has 2 aromatic heterocycles. The normalized spacial score (nSPS) is 12.5. The second kappa shape index (κ2) is 8.75. The fourth-order valence-electron chi connectivity index (χ4n) is 2.44. The van der Waals surface area contributed by atoms with Crippen molar-refractivity contribution < 1.29 is 14.3 Å². The van der Waals surface area contributed by atoms with Gasteiger partial charge < -0.3 is 10.0 Å². The van der Waals surface area contributed by atoms with E-state index in [0.29, 0.717) is 17.0 Å². The molecule has 140 valence electrons. The van der Waals surface area contributed by atoms with Crippen LogP contribution in [0.1, 0.15) is 42.6 Å².